The van der Waals surface area contributed by atoms with Crippen LogP contribution in [-0.4, -0.2) is 205 Å². The highest BCUT2D eigenvalue weighted by atomic mass is 35.5. The Labute approximate surface area is 472 Å². The van der Waals surface area contributed by atoms with E-state index in [1.807, 2.05) is 35.8 Å². The molecule has 0 spiro atoms. The Morgan fingerprint density at radius 3 is 1.73 bits per heavy atom. The van der Waals surface area contributed by atoms with E-state index in [9.17, 15) is 28.8 Å². The zero-order valence-electron chi connectivity index (χ0n) is 45.2. The van der Waals surface area contributed by atoms with Crippen molar-refractivity contribution in [2.75, 3.05) is 139 Å². The number of carbonyl (C=O) groups excluding carboxylic acids is 6. The molecule has 1 unspecified atom stereocenters. The number of hydrogen-bond donors (Lipinski definition) is 3. The maximum absolute atomic E-state index is 13.2. The van der Waals surface area contributed by atoms with Crippen LogP contribution in [0.5, 0.6) is 5.75 Å². The van der Waals surface area contributed by atoms with Crippen LogP contribution in [-0.2, 0) is 61.8 Å². The van der Waals surface area contributed by atoms with Gasteiger partial charge < -0.3 is 58.0 Å². The molecule has 7 rings (SSSR count). The highest BCUT2D eigenvalue weighted by Crippen LogP contribution is 2.40. The number of aliphatic imine (C=N–C) groups is 1. The van der Waals surface area contributed by atoms with Crippen LogP contribution in [0.1, 0.15) is 79.2 Å². The zero-order valence-corrected chi connectivity index (χ0v) is 46.8. The number of nitrogens with one attached hydrogen (secondary N) is 3. The van der Waals surface area contributed by atoms with Crippen molar-refractivity contribution in [3.63, 3.8) is 0 Å². The maximum atomic E-state index is 13.2. The molecule has 3 aliphatic heterocycles. The Bertz CT molecular complexity index is 2760. The van der Waals surface area contributed by atoms with Crippen molar-refractivity contribution in [2.24, 2.45) is 4.99 Å². The second-order valence-corrected chi connectivity index (χ2v) is 19.9. The van der Waals surface area contributed by atoms with Gasteiger partial charge in [0.1, 0.15) is 28.7 Å². The molecule has 0 bridgehead atoms. The Morgan fingerprint density at radius 1 is 0.662 bits per heavy atom. The maximum Gasteiger partial charge on any atom is 0.266 e. The van der Waals surface area contributed by atoms with Crippen LogP contribution in [0.15, 0.2) is 47.5 Å². The van der Waals surface area contributed by atoms with E-state index in [0.29, 0.717) is 130 Å². The molecule has 3 aliphatic rings. The van der Waals surface area contributed by atoms with Crippen molar-refractivity contribution in [1.29, 1.82) is 0 Å². The largest absolute Gasteiger partial charge is 0.483 e. The fourth-order valence-electron chi connectivity index (χ4n) is 8.57. The topological polar surface area (TPSA) is 277 Å². The summed E-state index contributed by atoms with van der Waals surface area (Å²) < 4.78 is 57.5. The first-order valence-electron chi connectivity index (χ1n) is 26.5. The molecule has 26 heteroatoms. The number of rotatable bonds is 37. The van der Waals surface area contributed by atoms with E-state index in [1.165, 1.54) is 23.1 Å². The number of thiophene rings is 1. The van der Waals surface area contributed by atoms with Crippen LogP contribution < -0.4 is 20.7 Å². The Morgan fingerprint density at radius 2 is 1.19 bits per heavy atom. The molecule has 1 saturated heterocycles. The number of amides is 6. The van der Waals surface area contributed by atoms with Gasteiger partial charge in [-0.15, -0.1) is 21.5 Å². The second kappa shape index (κ2) is 32.4. The number of fused-ring (bicyclic) bond motifs is 4. The van der Waals surface area contributed by atoms with Crippen LogP contribution in [0.25, 0.3) is 5.00 Å². The summed E-state index contributed by atoms with van der Waals surface area (Å²) in [5, 5.41) is 18.2. The zero-order chi connectivity index (χ0) is 56.6. The van der Waals surface area contributed by atoms with Crippen LogP contribution in [0.4, 0.5) is 0 Å². The van der Waals surface area contributed by atoms with Crippen molar-refractivity contribution >= 4 is 64.1 Å². The van der Waals surface area contributed by atoms with Gasteiger partial charge in [0.25, 0.3) is 17.7 Å². The Kier molecular flexibility index (Phi) is 24.9. The molecule has 2 atom stereocenters. The number of carbonyl (C=O) groups is 6. The highest BCUT2D eigenvalue weighted by Gasteiger charge is 2.46. The fraction of sp³-hybridized carbons (Fsp3) is 0.537. The van der Waals surface area contributed by atoms with Crippen molar-refractivity contribution in [3.8, 4) is 10.8 Å². The second-order valence-electron chi connectivity index (χ2n) is 18.2. The van der Waals surface area contributed by atoms with Crippen molar-refractivity contribution in [3.05, 3.63) is 91.8 Å². The van der Waals surface area contributed by atoms with Crippen LogP contribution in [0.3, 0.4) is 0 Å². The molecule has 3 N–H and O–H groups in total. The summed E-state index contributed by atoms with van der Waals surface area (Å²) in [4.78, 5) is 82.8. The van der Waals surface area contributed by atoms with E-state index >= 15 is 0 Å². The van der Waals surface area contributed by atoms with Crippen molar-refractivity contribution in [1.82, 2.24) is 35.6 Å². The minimum Gasteiger partial charge on any atom is -0.483 e. The number of ether oxygens (including phenoxy) is 10. The number of imide groups is 2. The number of piperidine rings is 1. The van der Waals surface area contributed by atoms with E-state index in [1.54, 1.807) is 11.3 Å². The minimum absolute atomic E-state index is 0.00350. The first-order chi connectivity index (χ1) is 38.9. The minimum atomic E-state index is -1.11. The Balaban J connectivity index is 0.592. The molecule has 80 heavy (non-hydrogen) atoms. The van der Waals surface area contributed by atoms with Gasteiger partial charge in [-0.1, -0.05) is 29.8 Å². The number of nitrogens with zero attached hydrogens (tertiary/aromatic N) is 5. The van der Waals surface area contributed by atoms with Gasteiger partial charge in [0.05, 0.1) is 142 Å². The van der Waals surface area contributed by atoms with Gasteiger partial charge >= 0.3 is 0 Å². The van der Waals surface area contributed by atoms with Gasteiger partial charge in [-0.3, -0.25) is 48.5 Å². The van der Waals surface area contributed by atoms with Crippen LogP contribution >= 0.6 is 22.9 Å². The highest BCUT2D eigenvalue weighted by molar-refractivity contribution is 7.15. The molecule has 0 saturated carbocycles. The molecule has 6 amide bonds. The first-order valence-corrected chi connectivity index (χ1v) is 27.7. The number of aromatic nitrogens is 3. The monoisotopic (exact) mass is 1150 g/mol. The first kappa shape index (κ1) is 61.5. The normalized spacial score (nSPS) is 15.8. The standard InChI is InChI=1S/C54H69ClN8O16S/c1-35-36(2)80-54-47(35)49(38-7-9-39(55)10-8-38)58-41(50-61-60-37(3)62(50)54)33-45(65)56-13-15-70-17-19-72-21-23-74-25-27-76-29-31-78-32-30-77-28-26-75-24-22-73-20-18-71-16-14-57-46(66)34-79-43-6-4-5-40-48(43)53(69)63(52(40)68)42-11-12-44(64)59-51(42)67/h4-10,41-42H,11-34H2,1-3H3,(H,56,65)(H,57,66)(H,59,64,67)/t41-,42?/m0/s1. The van der Waals surface area contributed by atoms with Gasteiger partial charge in [0, 0.05) is 40.5 Å². The lowest BCUT2D eigenvalue weighted by atomic mass is 9.99. The average Bonchev–Trinajstić information content (AvgIpc) is 4.14. The summed E-state index contributed by atoms with van der Waals surface area (Å²) >= 11 is 7.89. The molecule has 1 fully saturated rings. The molecule has 0 radical (unpaired) electrons. The molecule has 5 heterocycles. The van der Waals surface area contributed by atoms with E-state index in [4.69, 9.17) is 64.0 Å². The molecule has 24 nitrogen and oxygen atoms in total. The van der Waals surface area contributed by atoms with E-state index in [2.05, 4.69) is 40.0 Å². The summed E-state index contributed by atoms with van der Waals surface area (Å²) in [5.41, 5.74) is 3.87. The quantitative estimate of drug-likeness (QED) is 0.0432. The van der Waals surface area contributed by atoms with Crippen molar-refractivity contribution in [2.45, 2.75) is 52.1 Å². The molecule has 0 aliphatic carbocycles. The number of hydrogen-bond acceptors (Lipinski definition) is 20. The third-order valence-corrected chi connectivity index (χ3v) is 14.1. The van der Waals surface area contributed by atoms with Gasteiger partial charge in [0.2, 0.25) is 17.7 Å². The summed E-state index contributed by atoms with van der Waals surface area (Å²) in [5.74, 6) is -1.81. The number of benzene rings is 2. The third-order valence-electron chi connectivity index (χ3n) is 12.6. The van der Waals surface area contributed by atoms with E-state index in [0.717, 1.165) is 38.1 Å². The predicted octanol–water partition coefficient (Wildman–Crippen LogP) is 3.05. The number of aryl methyl sites for hydroxylation is 2. The lowest BCUT2D eigenvalue weighted by Crippen LogP contribution is -2.54. The van der Waals surface area contributed by atoms with Gasteiger partial charge in [-0.05, 0) is 57.0 Å². The van der Waals surface area contributed by atoms with Gasteiger partial charge in [-0.2, -0.15) is 0 Å². The molecule has 2 aromatic carbocycles. The average molecular weight is 1150 g/mol. The summed E-state index contributed by atoms with van der Waals surface area (Å²) in [6.45, 7) is 13.2. The lowest BCUT2D eigenvalue weighted by Gasteiger charge is -2.27. The SMILES string of the molecule is Cc1sc2c(c1C)C(c1ccc(Cl)cc1)=N[C@@H](CC(=O)NCCOCCOCCOCCOCCOCCOCCOCCOCCOCCNC(=O)COc1cccc3c1C(=O)N(C1CCC(=O)NC1=O)C3=O)c1nnc(C)n1-2. The summed E-state index contributed by atoms with van der Waals surface area (Å²) in [6, 6.07) is 10.3. The summed E-state index contributed by atoms with van der Waals surface area (Å²) in [7, 11) is 0. The third kappa shape index (κ3) is 17.7. The fourth-order valence-corrected chi connectivity index (χ4v) is 9.91. The molecular weight excluding hydrogens is 1080 g/mol. The molecular formula is C54H69ClN8O16S. The summed E-state index contributed by atoms with van der Waals surface area (Å²) in [6.07, 6.45) is 0.126. The number of halogens is 1. The van der Waals surface area contributed by atoms with Crippen LogP contribution in [0, 0.1) is 20.8 Å². The van der Waals surface area contributed by atoms with Crippen LogP contribution in [0.2, 0.25) is 5.02 Å². The van der Waals surface area contributed by atoms with Gasteiger partial charge in [-0.25, -0.2) is 0 Å². The van der Waals surface area contributed by atoms with Gasteiger partial charge in [0.15, 0.2) is 12.4 Å². The van der Waals surface area contributed by atoms with Crippen molar-refractivity contribution < 1.29 is 76.1 Å². The molecule has 4 aromatic rings. The lowest BCUT2D eigenvalue weighted by molar-refractivity contribution is -0.136. The smallest absolute Gasteiger partial charge is 0.266 e. The van der Waals surface area contributed by atoms with E-state index < -0.39 is 48.2 Å². The molecule has 434 valence electrons. The Hall–Kier alpha value is -6.10. The molecule has 2 aromatic heterocycles. The van der Waals surface area contributed by atoms with E-state index in [-0.39, 0.29) is 55.2 Å². The predicted molar refractivity (Wildman–Crippen MR) is 290 cm³/mol.